The molecule has 3 nitrogen and oxygen atoms in total. The highest BCUT2D eigenvalue weighted by molar-refractivity contribution is 6.31. The van der Waals surface area contributed by atoms with Gasteiger partial charge in [-0.2, -0.15) is 0 Å². The van der Waals surface area contributed by atoms with Crippen molar-refractivity contribution >= 4 is 17.3 Å². The van der Waals surface area contributed by atoms with E-state index in [1.807, 2.05) is 20.8 Å². The van der Waals surface area contributed by atoms with Crippen molar-refractivity contribution in [1.29, 1.82) is 0 Å². The number of rotatable bonds is 1. The van der Waals surface area contributed by atoms with Crippen LogP contribution in [0, 0.1) is 0 Å². The van der Waals surface area contributed by atoms with Gasteiger partial charge in [-0.15, -0.1) is 0 Å². The summed E-state index contributed by atoms with van der Waals surface area (Å²) in [5.74, 6) is 0.430. The molecule has 1 heterocycles. The molecule has 0 aliphatic rings. The second-order valence-electron chi connectivity index (χ2n) is 4.17. The van der Waals surface area contributed by atoms with Gasteiger partial charge in [0.05, 0.1) is 23.5 Å². The van der Waals surface area contributed by atoms with Crippen molar-refractivity contribution in [2.75, 3.05) is 12.8 Å². The number of hydrogen-bond donors (Lipinski definition) is 1. The minimum absolute atomic E-state index is 0.113. The van der Waals surface area contributed by atoms with Crippen molar-refractivity contribution in [3.63, 3.8) is 0 Å². The fourth-order valence-electron chi connectivity index (χ4n) is 1.18. The molecule has 1 aromatic rings. The summed E-state index contributed by atoms with van der Waals surface area (Å²) in [5, 5.41) is 0.579. The molecule has 0 fully saturated rings. The molecule has 0 atom stereocenters. The minimum atomic E-state index is -0.113. The molecule has 0 aliphatic carbocycles. The van der Waals surface area contributed by atoms with Crippen LogP contribution >= 0.6 is 11.6 Å². The minimum Gasteiger partial charge on any atom is -0.480 e. The first-order chi connectivity index (χ1) is 6.36. The molecule has 0 bridgehead atoms. The largest absolute Gasteiger partial charge is 0.480 e. The van der Waals surface area contributed by atoms with Gasteiger partial charge in [0, 0.05) is 5.41 Å². The van der Waals surface area contributed by atoms with Crippen LogP contribution in [-0.4, -0.2) is 12.1 Å². The standard InChI is InChI=1S/C10H15ClN2O/c1-10(2,3)8-6(11)5-7(12)9(13-8)14-4/h5H,12H2,1-4H3. The molecule has 0 aromatic carbocycles. The van der Waals surface area contributed by atoms with Crippen LogP contribution in [0.25, 0.3) is 0 Å². The topological polar surface area (TPSA) is 48.1 Å². The maximum atomic E-state index is 6.05. The molecule has 0 unspecified atom stereocenters. The maximum absolute atomic E-state index is 6.05. The van der Waals surface area contributed by atoms with Crippen molar-refractivity contribution < 1.29 is 4.74 Å². The second kappa shape index (κ2) is 3.65. The summed E-state index contributed by atoms with van der Waals surface area (Å²) >= 11 is 6.05. The Morgan fingerprint density at radius 3 is 2.43 bits per heavy atom. The van der Waals surface area contributed by atoms with E-state index < -0.39 is 0 Å². The Hall–Kier alpha value is -0.960. The third-order valence-corrected chi connectivity index (χ3v) is 2.16. The van der Waals surface area contributed by atoms with Gasteiger partial charge >= 0.3 is 0 Å². The van der Waals surface area contributed by atoms with Crippen LogP contribution in [0.4, 0.5) is 5.69 Å². The Bertz CT molecular complexity index is 345. The Kier molecular flexibility index (Phi) is 2.90. The summed E-state index contributed by atoms with van der Waals surface area (Å²) in [6, 6.07) is 1.67. The van der Waals surface area contributed by atoms with E-state index in [1.54, 1.807) is 13.2 Å². The zero-order chi connectivity index (χ0) is 10.9. The molecular formula is C10H15ClN2O. The van der Waals surface area contributed by atoms with Gasteiger partial charge in [0.1, 0.15) is 0 Å². The normalized spacial score (nSPS) is 11.5. The average molecular weight is 215 g/mol. The Labute approximate surface area is 89.2 Å². The molecule has 0 saturated heterocycles. The summed E-state index contributed by atoms with van der Waals surface area (Å²) in [4.78, 5) is 4.28. The zero-order valence-corrected chi connectivity index (χ0v) is 9.64. The number of nitrogens with zero attached hydrogens (tertiary/aromatic N) is 1. The molecule has 0 spiro atoms. The van der Waals surface area contributed by atoms with E-state index in [-0.39, 0.29) is 5.41 Å². The zero-order valence-electron chi connectivity index (χ0n) is 8.89. The molecular weight excluding hydrogens is 200 g/mol. The second-order valence-corrected chi connectivity index (χ2v) is 4.57. The van der Waals surface area contributed by atoms with Crippen LogP contribution in [0.1, 0.15) is 26.5 Å². The first-order valence-electron chi connectivity index (χ1n) is 4.36. The van der Waals surface area contributed by atoms with Gasteiger partial charge in [0.25, 0.3) is 0 Å². The molecule has 4 heteroatoms. The number of nitrogens with two attached hydrogens (primary N) is 1. The summed E-state index contributed by atoms with van der Waals surface area (Å²) in [6.07, 6.45) is 0. The predicted molar refractivity (Wildman–Crippen MR) is 58.9 cm³/mol. The van der Waals surface area contributed by atoms with Crippen LogP contribution < -0.4 is 10.5 Å². The van der Waals surface area contributed by atoms with Crippen LogP contribution in [0.5, 0.6) is 5.88 Å². The van der Waals surface area contributed by atoms with E-state index in [0.29, 0.717) is 16.6 Å². The molecule has 2 N–H and O–H groups in total. The lowest BCUT2D eigenvalue weighted by molar-refractivity contribution is 0.394. The van der Waals surface area contributed by atoms with E-state index in [1.165, 1.54) is 0 Å². The first kappa shape index (κ1) is 11.1. The van der Waals surface area contributed by atoms with Crippen molar-refractivity contribution in [2.24, 2.45) is 0 Å². The third-order valence-electron chi connectivity index (χ3n) is 1.87. The van der Waals surface area contributed by atoms with Gasteiger partial charge in [-0.05, 0) is 6.07 Å². The van der Waals surface area contributed by atoms with E-state index >= 15 is 0 Å². The van der Waals surface area contributed by atoms with Crippen LogP contribution in [0.2, 0.25) is 5.02 Å². The number of halogens is 1. The van der Waals surface area contributed by atoms with E-state index in [0.717, 1.165) is 5.69 Å². The molecule has 0 radical (unpaired) electrons. The van der Waals surface area contributed by atoms with Crippen LogP contribution in [0.15, 0.2) is 6.07 Å². The Morgan fingerprint density at radius 1 is 1.43 bits per heavy atom. The molecule has 1 rings (SSSR count). The number of pyridine rings is 1. The van der Waals surface area contributed by atoms with Gasteiger partial charge in [0.2, 0.25) is 5.88 Å². The van der Waals surface area contributed by atoms with Crippen LogP contribution in [0.3, 0.4) is 0 Å². The summed E-state index contributed by atoms with van der Waals surface area (Å²) < 4.78 is 5.04. The van der Waals surface area contributed by atoms with E-state index in [4.69, 9.17) is 22.1 Å². The van der Waals surface area contributed by atoms with Crippen molar-refractivity contribution in [3.05, 3.63) is 16.8 Å². The smallest absolute Gasteiger partial charge is 0.237 e. The number of anilines is 1. The third kappa shape index (κ3) is 2.10. The summed E-state index contributed by atoms with van der Waals surface area (Å²) in [5.41, 5.74) is 6.82. The van der Waals surface area contributed by atoms with Gasteiger partial charge in [0.15, 0.2) is 0 Å². The molecule has 0 saturated carbocycles. The molecule has 0 amide bonds. The summed E-state index contributed by atoms with van der Waals surface area (Å²) in [7, 11) is 1.54. The van der Waals surface area contributed by atoms with Crippen molar-refractivity contribution in [3.8, 4) is 5.88 Å². The predicted octanol–water partition coefficient (Wildman–Crippen LogP) is 2.62. The molecule has 0 aliphatic heterocycles. The molecule has 78 valence electrons. The highest BCUT2D eigenvalue weighted by atomic mass is 35.5. The monoisotopic (exact) mass is 214 g/mol. The number of nitrogen functional groups attached to an aromatic ring is 1. The van der Waals surface area contributed by atoms with Gasteiger partial charge in [-0.3, -0.25) is 0 Å². The lowest BCUT2D eigenvalue weighted by Gasteiger charge is -2.20. The summed E-state index contributed by atoms with van der Waals surface area (Å²) in [6.45, 7) is 6.12. The SMILES string of the molecule is COc1nc(C(C)(C)C)c(Cl)cc1N. The quantitative estimate of drug-likeness (QED) is 0.782. The van der Waals surface area contributed by atoms with E-state index in [9.17, 15) is 0 Å². The van der Waals surface area contributed by atoms with Crippen molar-refractivity contribution in [1.82, 2.24) is 4.98 Å². The highest BCUT2D eigenvalue weighted by Crippen LogP contribution is 2.32. The average Bonchev–Trinajstić information content (AvgIpc) is 2.02. The highest BCUT2D eigenvalue weighted by Gasteiger charge is 2.21. The number of hydrogen-bond acceptors (Lipinski definition) is 3. The number of aromatic nitrogens is 1. The number of methoxy groups -OCH3 is 1. The maximum Gasteiger partial charge on any atom is 0.237 e. The lowest BCUT2D eigenvalue weighted by atomic mass is 9.91. The molecule has 1 aromatic heterocycles. The van der Waals surface area contributed by atoms with Gasteiger partial charge < -0.3 is 10.5 Å². The lowest BCUT2D eigenvalue weighted by Crippen LogP contribution is -2.15. The fraction of sp³-hybridized carbons (Fsp3) is 0.500. The van der Waals surface area contributed by atoms with Crippen LogP contribution in [-0.2, 0) is 5.41 Å². The van der Waals surface area contributed by atoms with Gasteiger partial charge in [-0.1, -0.05) is 32.4 Å². The van der Waals surface area contributed by atoms with Crippen molar-refractivity contribution in [2.45, 2.75) is 26.2 Å². The fourth-order valence-corrected chi connectivity index (χ4v) is 1.62. The Balaban J connectivity index is 3.32. The number of ether oxygens (including phenoxy) is 1. The van der Waals surface area contributed by atoms with Gasteiger partial charge in [-0.25, -0.2) is 4.98 Å². The van der Waals surface area contributed by atoms with E-state index in [2.05, 4.69) is 4.98 Å². The Morgan fingerprint density at radius 2 is 2.00 bits per heavy atom. The first-order valence-corrected chi connectivity index (χ1v) is 4.74. The molecule has 14 heavy (non-hydrogen) atoms.